The first-order valence-electron chi connectivity index (χ1n) is 4.75. The van der Waals surface area contributed by atoms with Gasteiger partial charge >= 0.3 is 5.97 Å². The fraction of sp³-hybridized carbons (Fsp3) is 0.500. The van der Waals surface area contributed by atoms with Crippen LogP contribution in [0.5, 0.6) is 0 Å². The first-order chi connectivity index (χ1) is 7.94. The number of nitrogens with zero attached hydrogens (tertiary/aromatic N) is 3. The highest BCUT2D eigenvalue weighted by atomic mass is 32.2. The molecule has 9 heteroatoms. The molecule has 1 aliphatic heterocycles. The molecule has 1 N–H and O–H groups in total. The Bertz CT molecular complexity index is 539. The molecule has 1 saturated heterocycles. The Morgan fingerprint density at radius 1 is 1.65 bits per heavy atom. The van der Waals surface area contributed by atoms with Crippen molar-refractivity contribution in [3.63, 3.8) is 0 Å². The molecule has 1 aliphatic rings. The molecule has 2 rings (SSSR count). The third kappa shape index (κ3) is 2.05. The summed E-state index contributed by atoms with van der Waals surface area (Å²) in [5, 5.41) is 12.8. The summed E-state index contributed by atoms with van der Waals surface area (Å²) in [6.45, 7) is 0. The normalized spacial score (nSPS) is 21.8. The van der Waals surface area contributed by atoms with E-state index in [1.165, 1.54) is 35.8 Å². The Kier molecular flexibility index (Phi) is 3.15. The van der Waals surface area contributed by atoms with Gasteiger partial charge in [-0.25, -0.2) is 8.42 Å². The zero-order valence-electron chi connectivity index (χ0n) is 8.98. The van der Waals surface area contributed by atoms with E-state index < -0.39 is 22.0 Å². The van der Waals surface area contributed by atoms with Crippen molar-refractivity contribution in [1.29, 1.82) is 0 Å². The predicted molar refractivity (Wildman–Crippen MR) is 61.0 cm³/mol. The summed E-state index contributed by atoms with van der Waals surface area (Å²) in [6, 6.07) is 0.358. The number of aromatic nitrogens is 2. The quantitative estimate of drug-likeness (QED) is 0.806. The smallest absolute Gasteiger partial charge is 0.322 e. The van der Waals surface area contributed by atoms with Crippen molar-refractivity contribution in [3.8, 4) is 0 Å². The largest absolute Gasteiger partial charge is 0.480 e. The number of rotatable bonds is 3. The molecule has 0 radical (unpaired) electrons. The second kappa shape index (κ2) is 4.31. The molecule has 1 fully saturated rings. The maximum Gasteiger partial charge on any atom is 0.322 e. The van der Waals surface area contributed by atoms with Crippen molar-refractivity contribution in [1.82, 2.24) is 14.1 Å². The highest BCUT2D eigenvalue weighted by Gasteiger charge is 2.41. The van der Waals surface area contributed by atoms with Crippen LogP contribution in [-0.4, -0.2) is 51.3 Å². The Hall–Kier alpha value is -1.06. The number of aryl methyl sites for hydroxylation is 1. The van der Waals surface area contributed by atoms with Gasteiger partial charge in [-0.3, -0.25) is 9.48 Å². The SMILES string of the molecule is Cn1nccc1S(=O)(=O)N1CSCC1C(=O)O. The molecule has 0 saturated carbocycles. The number of carbonyl (C=O) groups is 1. The van der Waals surface area contributed by atoms with E-state index in [4.69, 9.17) is 5.11 Å². The van der Waals surface area contributed by atoms with Crippen molar-refractivity contribution in [2.45, 2.75) is 11.1 Å². The highest BCUT2D eigenvalue weighted by molar-refractivity contribution is 8.00. The number of carboxylic acids is 1. The number of thioether (sulfide) groups is 1. The average molecular weight is 277 g/mol. The number of aliphatic carboxylic acids is 1. The van der Waals surface area contributed by atoms with Gasteiger partial charge in [-0.2, -0.15) is 9.40 Å². The van der Waals surface area contributed by atoms with E-state index in [9.17, 15) is 13.2 Å². The van der Waals surface area contributed by atoms with E-state index in [1.807, 2.05) is 0 Å². The molecule has 1 unspecified atom stereocenters. The lowest BCUT2D eigenvalue weighted by Gasteiger charge is -2.19. The molecular formula is C8H11N3O4S2. The van der Waals surface area contributed by atoms with E-state index in [0.717, 1.165) is 4.31 Å². The molecule has 0 bridgehead atoms. The van der Waals surface area contributed by atoms with Gasteiger partial charge in [0.2, 0.25) is 0 Å². The minimum atomic E-state index is -3.79. The van der Waals surface area contributed by atoms with Crippen molar-refractivity contribution in [2.75, 3.05) is 11.6 Å². The lowest BCUT2D eigenvalue weighted by atomic mass is 10.4. The van der Waals surface area contributed by atoms with Crippen molar-refractivity contribution >= 4 is 27.8 Å². The Balaban J connectivity index is 2.40. The van der Waals surface area contributed by atoms with Crippen LogP contribution in [0.3, 0.4) is 0 Å². The Labute approximate surface area is 102 Å². The van der Waals surface area contributed by atoms with Gasteiger partial charge in [0.15, 0.2) is 5.03 Å². The molecular weight excluding hydrogens is 266 g/mol. The van der Waals surface area contributed by atoms with Crippen LogP contribution in [0.25, 0.3) is 0 Å². The first kappa shape index (κ1) is 12.4. The minimum Gasteiger partial charge on any atom is -0.480 e. The van der Waals surface area contributed by atoms with Gasteiger partial charge in [-0.05, 0) is 6.07 Å². The van der Waals surface area contributed by atoms with Gasteiger partial charge in [0, 0.05) is 12.8 Å². The van der Waals surface area contributed by atoms with Crippen molar-refractivity contribution in [2.24, 2.45) is 7.05 Å². The fourth-order valence-electron chi connectivity index (χ4n) is 1.59. The molecule has 0 amide bonds. The zero-order chi connectivity index (χ0) is 12.6. The summed E-state index contributed by atoms with van der Waals surface area (Å²) >= 11 is 1.28. The second-order valence-corrected chi connectivity index (χ2v) is 6.38. The highest BCUT2D eigenvalue weighted by Crippen LogP contribution is 2.27. The lowest BCUT2D eigenvalue weighted by molar-refractivity contribution is -0.140. The van der Waals surface area contributed by atoms with Gasteiger partial charge in [-0.1, -0.05) is 0 Å². The maximum atomic E-state index is 12.2. The summed E-state index contributed by atoms with van der Waals surface area (Å²) in [5.74, 6) is -0.697. The summed E-state index contributed by atoms with van der Waals surface area (Å²) in [7, 11) is -2.28. The topological polar surface area (TPSA) is 92.5 Å². The number of carboxylic acid groups (broad SMARTS) is 1. The molecule has 1 aromatic rings. The summed E-state index contributed by atoms with van der Waals surface area (Å²) < 4.78 is 26.7. The summed E-state index contributed by atoms with van der Waals surface area (Å²) in [6.07, 6.45) is 1.37. The molecule has 0 spiro atoms. The molecule has 0 aliphatic carbocycles. The van der Waals surface area contributed by atoms with E-state index >= 15 is 0 Å². The van der Waals surface area contributed by atoms with Crippen LogP contribution in [0.4, 0.5) is 0 Å². The van der Waals surface area contributed by atoms with Crippen molar-refractivity contribution in [3.05, 3.63) is 12.3 Å². The fourth-order valence-corrected chi connectivity index (χ4v) is 4.83. The minimum absolute atomic E-state index is 0.00579. The maximum absolute atomic E-state index is 12.2. The molecule has 7 nitrogen and oxygen atoms in total. The van der Waals surface area contributed by atoms with E-state index in [2.05, 4.69) is 5.10 Å². The molecule has 17 heavy (non-hydrogen) atoms. The lowest BCUT2D eigenvalue weighted by Crippen LogP contribution is -2.42. The third-order valence-corrected chi connectivity index (χ3v) is 5.58. The van der Waals surface area contributed by atoms with Gasteiger partial charge in [0.25, 0.3) is 10.0 Å². The number of hydrogen-bond acceptors (Lipinski definition) is 5. The molecule has 1 aromatic heterocycles. The van der Waals surface area contributed by atoms with Gasteiger partial charge < -0.3 is 5.11 Å². The predicted octanol–water partition coefficient (Wildman–Crippen LogP) is -0.432. The molecule has 1 atom stereocenters. The van der Waals surface area contributed by atoms with E-state index in [-0.39, 0.29) is 16.7 Å². The van der Waals surface area contributed by atoms with Crippen LogP contribution >= 0.6 is 11.8 Å². The van der Waals surface area contributed by atoms with Gasteiger partial charge in [0.05, 0.1) is 12.1 Å². The van der Waals surface area contributed by atoms with Crippen molar-refractivity contribution < 1.29 is 18.3 Å². The molecule has 94 valence electrons. The number of hydrogen-bond donors (Lipinski definition) is 1. The van der Waals surface area contributed by atoms with Gasteiger partial charge in [0.1, 0.15) is 6.04 Å². The molecule has 2 heterocycles. The third-order valence-electron chi connectivity index (χ3n) is 2.48. The number of sulfonamides is 1. The summed E-state index contributed by atoms with van der Waals surface area (Å²) in [4.78, 5) is 11.0. The van der Waals surface area contributed by atoms with Crippen LogP contribution in [-0.2, 0) is 21.9 Å². The van der Waals surface area contributed by atoms with Crippen LogP contribution < -0.4 is 0 Å². The van der Waals surface area contributed by atoms with Crippen LogP contribution in [0, 0.1) is 0 Å². The van der Waals surface area contributed by atoms with Gasteiger partial charge in [-0.15, -0.1) is 11.8 Å². The average Bonchev–Trinajstić information content (AvgIpc) is 2.84. The molecule has 0 aromatic carbocycles. The zero-order valence-corrected chi connectivity index (χ0v) is 10.6. The monoisotopic (exact) mass is 277 g/mol. The van der Waals surface area contributed by atoms with E-state index in [1.54, 1.807) is 0 Å². The standard InChI is InChI=1S/C8H11N3O4S2/c1-10-7(2-3-9-10)17(14,15)11-5-16-4-6(11)8(12)13/h2-3,6H,4-5H2,1H3,(H,12,13). The van der Waals surface area contributed by atoms with E-state index in [0.29, 0.717) is 0 Å². The van der Waals surface area contributed by atoms with Crippen LogP contribution in [0.15, 0.2) is 17.3 Å². The Morgan fingerprint density at radius 3 is 2.88 bits per heavy atom. The second-order valence-electron chi connectivity index (χ2n) is 3.54. The first-order valence-corrected chi connectivity index (χ1v) is 7.34. The van der Waals surface area contributed by atoms with Crippen LogP contribution in [0.2, 0.25) is 0 Å². The van der Waals surface area contributed by atoms with Crippen LogP contribution in [0.1, 0.15) is 0 Å². The Morgan fingerprint density at radius 2 is 2.35 bits per heavy atom. The summed E-state index contributed by atoms with van der Waals surface area (Å²) in [5.41, 5.74) is 0.